The molecule has 0 spiro atoms. The molecule has 0 aromatic carbocycles. The van der Waals surface area contributed by atoms with Crippen LogP contribution >= 0.6 is 23.6 Å². The fourth-order valence-electron chi connectivity index (χ4n) is 1.18. The van der Waals surface area contributed by atoms with Gasteiger partial charge in [-0.25, -0.2) is 0 Å². The van der Waals surface area contributed by atoms with Crippen molar-refractivity contribution in [2.75, 3.05) is 25.5 Å². The highest BCUT2D eigenvalue weighted by Crippen LogP contribution is 2.10. The Hall–Kier alpha value is -0.460. The second kappa shape index (κ2) is 6.19. The van der Waals surface area contributed by atoms with Gasteiger partial charge in [0.25, 0.3) is 0 Å². The summed E-state index contributed by atoms with van der Waals surface area (Å²) >= 11 is 6.42. The molecule has 1 rings (SSSR count). The van der Waals surface area contributed by atoms with Gasteiger partial charge in [0.2, 0.25) is 5.13 Å². The van der Waals surface area contributed by atoms with Crippen molar-refractivity contribution in [2.24, 2.45) is 0 Å². The zero-order chi connectivity index (χ0) is 11.3. The molecule has 1 unspecified atom stereocenters. The van der Waals surface area contributed by atoms with Crippen LogP contribution in [0.5, 0.6) is 0 Å². The Kier molecular flexibility index (Phi) is 5.21. The first kappa shape index (κ1) is 12.6. The standard InChI is InChI=1S/C9H18N4S2/c1-4-7(2)13(3)6-5-10-8-11-12-9(14)15-8/h7H,4-6H2,1-3H3,(H,10,11)(H,12,14). The van der Waals surface area contributed by atoms with Gasteiger partial charge < -0.3 is 10.2 Å². The third-order valence-corrected chi connectivity index (χ3v) is 3.57. The number of nitrogens with one attached hydrogen (secondary N) is 2. The van der Waals surface area contributed by atoms with Gasteiger partial charge in [-0.05, 0) is 32.6 Å². The molecular weight excluding hydrogens is 228 g/mol. The van der Waals surface area contributed by atoms with E-state index in [1.54, 1.807) is 0 Å². The van der Waals surface area contributed by atoms with Crippen LogP contribution in [0.2, 0.25) is 0 Å². The maximum atomic E-state index is 4.95. The molecule has 0 bridgehead atoms. The van der Waals surface area contributed by atoms with Gasteiger partial charge in [0.05, 0.1) is 0 Å². The van der Waals surface area contributed by atoms with Gasteiger partial charge in [0.15, 0.2) is 3.95 Å². The minimum absolute atomic E-state index is 0.629. The summed E-state index contributed by atoms with van der Waals surface area (Å²) in [6, 6.07) is 0.629. The van der Waals surface area contributed by atoms with Crippen molar-refractivity contribution in [3.63, 3.8) is 0 Å². The van der Waals surface area contributed by atoms with Crippen LogP contribution in [0.3, 0.4) is 0 Å². The van der Waals surface area contributed by atoms with Gasteiger partial charge in [0, 0.05) is 19.1 Å². The van der Waals surface area contributed by atoms with E-state index in [2.05, 4.69) is 41.3 Å². The number of likely N-dealkylation sites (N-methyl/N-ethyl adjacent to an activating group) is 1. The Bertz CT molecular complexity index is 333. The number of hydrogen-bond acceptors (Lipinski definition) is 5. The second-order valence-electron chi connectivity index (χ2n) is 3.58. The van der Waals surface area contributed by atoms with E-state index in [0.29, 0.717) is 10.00 Å². The topological polar surface area (TPSA) is 44.0 Å². The third kappa shape index (κ3) is 4.27. The lowest BCUT2D eigenvalue weighted by Gasteiger charge is -2.23. The van der Waals surface area contributed by atoms with Crippen molar-refractivity contribution in [1.82, 2.24) is 15.1 Å². The number of H-pyrrole nitrogens is 1. The summed E-state index contributed by atoms with van der Waals surface area (Å²) in [5.41, 5.74) is 0. The molecule has 0 aliphatic rings. The molecule has 1 aromatic rings. The number of aromatic amines is 1. The van der Waals surface area contributed by atoms with Crippen LogP contribution < -0.4 is 5.32 Å². The van der Waals surface area contributed by atoms with E-state index in [-0.39, 0.29) is 0 Å². The van der Waals surface area contributed by atoms with Crippen LogP contribution in [0, 0.1) is 3.95 Å². The molecule has 0 fully saturated rings. The molecule has 15 heavy (non-hydrogen) atoms. The Morgan fingerprint density at radius 1 is 1.67 bits per heavy atom. The fourth-order valence-corrected chi connectivity index (χ4v) is 1.99. The van der Waals surface area contributed by atoms with E-state index in [1.165, 1.54) is 17.8 Å². The van der Waals surface area contributed by atoms with Crippen molar-refractivity contribution in [3.05, 3.63) is 3.95 Å². The van der Waals surface area contributed by atoms with Crippen LogP contribution in [0.4, 0.5) is 5.13 Å². The molecule has 1 atom stereocenters. The lowest BCUT2D eigenvalue weighted by molar-refractivity contribution is 0.261. The second-order valence-corrected chi connectivity index (χ2v) is 5.25. The molecule has 1 heterocycles. The van der Waals surface area contributed by atoms with Crippen molar-refractivity contribution >= 4 is 28.7 Å². The Labute approximate surface area is 99.7 Å². The first-order valence-electron chi connectivity index (χ1n) is 5.13. The smallest absolute Gasteiger partial charge is 0.204 e. The Morgan fingerprint density at radius 3 is 2.93 bits per heavy atom. The summed E-state index contributed by atoms with van der Waals surface area (Å²) in [7, 11) is 2.14. The highest BCUT2D eigenvalue weighted by Gasteiger charge is 2.05. The highest BCUT2D eigenvalue weighted by atomic mass is 32.1. The first-order valence-corrected chi connectivity index (χ1v) is 6.35. The van der Waals surface area contributed by atoms with E-state index in [1.807, 2.05) is 0 Å². The van der Waals surface area contributed by atoms with Gasteiger partial charge >= 0.3 is 0 Å². The number of rotatable bonds is 6. The predicted octanol–water partition coefficient (Wildman–Crippen LogP) is 2.34. The van der Waals surface area contributed by atoms with Crippen molar-refractivity contribution < 1.29 is 0 Å². The van der Waals surface area contributed by atoms with Crippen LogP contribution in [0.25, 0.3) is 0 Å². The van der Waals surface area contributed by atoms with Crippen LogP contribution in [-0.2, 0) is 0 Å². The molecule has 0 aliphatic heterocycles. The number of nitrogens with zero attached hydrogens (tertiary/aromatic N) is 2. The normalized spacial score (nSPS) is 13.1. The summed E-state index contributed by atoms with van der Waals surface area (Å²) in [4.78, 5) is 2.33. The van der Waals surface area contributed by atoms with E-state index >= 15 is 0 Å². The molecule has 0 aliphatic carbocycles. The summed E-state index contributed by atoms with van der Waals surface area (Å²) in [6.07, 6.45) is 1.18. The minimum Gasteiger partial charge on any atom is -0.359 e. The summed E-state index contributed by atoms with van der Waals surface area (Å²) < 4.78 is 0.716. The monoisotopic (exact) mass is 246 g/mol. The Balaban J connectivity index is 2.24. The molecule has 0 amide bonds. The fraction of sp³-hybridized carbons (Fsp3) is 0.778. The summed E-state index contributed by atoms with van der Waals surface area (Å²) in [5.74, 6) is 0. The maximum absolute atomic E-state index is 4.95. The SMILES string of the molecule is CCC(C)N(C)CCNc1n[nH]c(=S)s1. The van der Waals surface area contributed by atoms with Gasteiger partial charge in [-0.2, -0.15) is 0 Å². The van der Waals surface area contributed by atoms with Crippen LogP contribution in [0.1, 0.15) is 20.3 Å². The molecule has 86 valence electrons. The largest absolute Gasteiger partial charge is 0.359 e. The van der Waals surface area contributed by atoms with Crippen LogP contribution in [0.15, 0.2) is 0 Å². The number of anilines is 1. The van der Waals surface area contributed by atoms with Gasteiger partial charge in [-0.3, -0.25) is 5.10 Å². The molecular formula is C9H18N4S2. The summed E-state index contributed by atoms with van der Waals surface area (Å²) in [6.45, 7) is 6.35. The predicted molar refractivity (Wildman–Crippen MR) is 68.2 cm³/mol. The van der Waals surface area contributed by atoms with Crippen molar-refractivity contribution in [2.45, 2.75) is 26.3 Å². The zero-order valence-electron chi connectivity index (χ0n) is 9.41. The van der Waals surface area contributed by atoms with E-state index < -0.39 is 0 Å². The quantitative estimate of drug-likeness (QED) is 0.756. The van der Waals surface area contributed by atoms with E-state index in [0.717, 1.165) is 18.2 Å². The van der Waals surface area contributed by atoms with Gasteiger partial charge in [-0.15, -0.1) is 5.10 Å². The minimum atomic E-state index is 0.629. The van der Waals surface area contributed by atoms with E-state index in [4.69, 9.17) is 12.2 Å². The average molecular weight is 246 g/mol. The third-order valence-electron chi connectivity index (χ3n) is 2.52. The lowest BCUT2D eigenvalue weighted by Crippen LogP contribution is -2.32. The number of aromatic nitrogens is 2. The highest BCUT2D eigenvalue weighted by molar-refractivity contribution is 7.73. The molecule has 0 saturated carbocycles. The Morgan fingerprint density at radius 2 is 2.40 bits per heavy atom. The molecule has 1 aromatic heterocycles. The maximum Gasteiger partial charge on any atom is 0.204 e. The molecule has 2 N–H and O–H groups in total. The van der Waals surface area contributed by atoms with Crippen molar-refractivity contribution in [1.29, 1.82) is 0 Å². The molecule has 0 saturated heterocycles. The zero-order valence-corrected chi connectivity index (χ0v) is 11.0. The average Bonchev–Trinajstić information content (AvgIpc) is 2.63. The first-order chi connectivity index (χ1) is 7.13. The molecule has 6 heteroatoms. The molecule has 0 radical (unpaired) electrons. The lowest BCUT2D eigenvalue weighted by atomic mass is 10.2. The molecule has 4 nitrogen and oxygen atoms in total. The van der Waals surface area contributed by atoms with Gasteiger partial charge in [0.1, 0.15) is 0 Å². The van der Waals surface area contributed by atoms with Gasteiger partial charge in [-0.1, -0.05) is 18.3 Å². The van der Waals surface area contributed by atoms with Crippen LogP contribution in [-0.4, -0.2) is 41.3 Å². The van der Waals surface area contributed by atoms with Crippen molar-refractivity contribution in [3.8, 4) is 0 Å². The summed E-state index contributed by atoms with van der Waals surface area (Å²) in [5, 5.41) is 10.9. The van der Waals surface area contributed by atoms with E-state index in [9.17, 15) is 0 Å². The number of hydrogen-bond donors (Lipinski definition) is 2.